The van der Waals surface area contributed by atoms with E-state index >= 15 is 0 Å². The summed E-state index contributed by atoms with van der Waals surface area (Å²) in [4.78, 5) is 28.1. The van der Waals surface area contributed by atoms with Gasteiger partial charge in [-0.2, -0.15) is 5.10 Å². The average molecular weight is 444 g/mol. The Kier molecular flexibility index (Phi) is 5.56. The van der Waals surface area contributed by atoms with Crippen molar-refractivity contribution in [3.8, 4) is 16.9 Å². The quantitative estimate of drug-likeness (QED) is 0.482. The van der Waals surface area contributed by atoms with E-state index in [2.05, 4.69) is 10.1 Å². The molecule has 1 amide bonds. The van der Waals surface area contributed by atoms with Gasteiger partial charge in [0.05, 0.1) is 11.9 Å². The molecular weight excluding hydrogens is 420 g/mol. The predicted molar refractivity (Wildman–Crippen MR) is 124 cm³/mol. The number of likely N-dealkylation sites (tertiary alicyclic amines) is 1. The summed E-state index contributed by atoms with van der Waals surface area (Å²) in [5.74, 6) is 0.800. The number of ether oxygens (including phenoxy) is 1. The molecule has 0 atom stereocenters. The Morgan fingerprint density at radius 2 is 1.88 bits per heavy atom. The van der Waals surface area contributed by atoms with E-state index in [0.717, 1.165) is 28.1 Å². The van der Waals surface area contributed by atoms with Crippen molar-refractivity contribution in [1.29, 1.82) is 0 Å². The number of benzene rings is 2. The molecule has 5 rings (SSSR count). The third kappa shape index (κ3) is 4.32. The van der Waals surface area contributed by atoms with Crippen LogP contribution in [0.3, 0.4) is 0 Å². The number of fused-ring (bicyclic) bond motifs is 1. The van der Waals surface area contributed by atoms with E-state index in [1.807, 2.05) is 54.6 Å². The number of aromatic amines is 1. The molecule has 0 spiro atoms. The number of rotatable bonds is 5. The molecule has 2 aromatic heterocycles. The van der Waals surface area contributed by atoms with E-state index in [4.69, 9.17) is 4.74 Å². The predicted octanol–water partition coefficient (Wildman–Crippen LogP) is 4.13. The minimum absolute atomic E-state index is 0.0682. The minimum Gasteiger partial charge on any atom is -0.489 e. The molecule has 1 fully saturated rings. The van der Waals surface area contributed by atoms with Gasteiger partial charge in [0.1, 0.15) is 18.0 Å². The second-order valence-electron chi connectivity index (χ2n) is 8.22. The normalized spacial score (nSPS) is 14.5. The number of piperidine rings is 1. The zero-order valence-electron chi connectivity index (χ0n) is 18.0. The van der Waals surface area contributed by atoms with Crippen molar-refractivity contribution in [3.05, 3.63) is 88.5 Å². The van der Waals surface area contributed by atoms with Gasteiger partial charge in [-0.3, -0.25) is 4.79 Å². The second-order valence-corrected chi connectivity index (χ2v) is 8.22. The molecular formula is C25H24N4O4. The lowest BCUT2D eigenvalue weighted by atomic mass is 9.93. The molecule has 1 aliphatic heterocycles. The van der Waals surface area contributed by atoms with Crippen LogP contribution in [-0.2, 0) is 6.61 Å². The van der Waals surface area contributed by atoms with Gasteiger partial charge in [-0.05, 0) is 36.1 Å². The number of aromatic nitrogens is 3. The highest BCUT2D eigenvalue weighted by Gasteiger charge is 2.26. The van der Waals surface area contributed by atoms with Crippen LogP contribution in [0.1, 0.15) is 30.0 Å². The number of carbonyl (C=O) groups is 1. The Morgan fingerprint density at radius 3 is 2.64 bits per heavy atom. The van der Waals surface area contributed by atoms with Gasteiger partial charge < -0.3 is 19.7 Å². The Morgan fingerprint density at radius 1 is 1.09 bits per heavy atom. The molecule has 1 aliphatic rings. The maximum atomic E-state index is 12.5. The summed E-state index contributed by atoms with van der Waals surface area (Å²) in [6, 6.07) is 19.3. The second kappa shape index (κ2) is 8.82. The Balaban J connectivity index is 1.43. The highest BCUT2D eigenvalue weighted by molar-refractivity contribution is 5.77. The van der Waals surface area contributed by atoms with Gasteiger partial charge >= 0.3 is 6.09 Å². The fourth-order valence-corrected chi connectivity index (χ4v) is 4.38. The highest BCUT2D eigenvalue weighted by Crippen LogP contribution is 2.31. The molecule has 2 aromatic carbocycles. The van der Waals surface area contributed by atoms with Crippen LogP contribution in [0.4, 0.5) is 4.79 Å². The van der Waals surface area contributed by atoms with E-state index in [0.29, 0.717) is 38.2 Å². The zero-order chi connectivity index (χ0) is 22.8. The van der Waals surface area contributed by atoms with Gasteiger partial charge in [0.25, 0.3) is 5.56 Å². The summed E-state index contributed by atoms with van der Waals surface area (Å²) in [5.41, 5.74) is 4.02. The first-order valence-corrected chi connectivity index (χ1v) is 10.9. The van der Waals surface area contributed by atoms with Gasteiger partial charge in [-0.25, -0.2) is 9.31 Å². The zero-order valence-corrected chi connectivity index (χ0v) is 18.0. The van der Waals surface area contributed by atoms with Gasteiger partial charge in [-0.15, -0.1) is 0 Å². The molecule has 8 heteroatoms. The number of carboxylic acid groups (broad SMARTS) is 1. The fourth-order valence-electron chi connectivity index (χ4n) is 4.38. The van der Waals surface area contributed by atoms with Gasteiger partial charge in [-0.1, -0.05) is 42.5 Å². The molecule has 0 unspecified atom stereocenters. The van der Waals surface area contributed by atoms with E-state index in [-0.39, 0.29) is 11.5 Å². The van der Waals surface area contributed by atoms with Crippen LogP contribution < -0.4 is 10.3 Å². The molecule has 0 saturated carbocycles. The van der Waals surface area contributed by atoms with Crippen LogP contribution in [0.5, 0.6) is 5.75 Å². The maximum Gasteiger partial charge on any atom is 0.407 e. The summed E-state index contributed by atoms with van der Waals surface area (Å²) in [6.45, 7) is 1.36. The Bertz CT molecular complexity index is 1340. The number of hydrogen-bond donors (Lipinski definition) is 2. The van der Waals surface area contributed by atoms with Gasteiger partial charge in [0.15, 0.2) is 0 Å². The van der Waals surface area contributed by atoms with Crippen molar-refractivity contribution in [1.82, 2.24) is 19.5 Å². The largest absolute Gasteiger partial charge is 0.489 e. The molecule has 0 radical (unpaired) electrons. The number of nitrogens with one attached hydrogen (secondary N) is 1. The van der Waals surface area contributed by atoms with Crippen LogP contribution in [0.25, 0.3) is 16.8 Å². The third-order valence-corrected chi connectivity index (χ3v) is 6.11. The standard InChI is InChI=1S/C25H24N4O4/c30-23-14-22(18-9-11-28(12-10-18)25(31)32)29-24(27-23)21(15-26-29)19-7-4-8-20(13-19)33-16-17-5-2-1-3-6-17/h1-8,13-15,18H,9-12,16H2,(H,27,30)(H,31,32). The summed E-state index contributed by atoms with van der Waals surface area (Å²) < 4.78 is 7.74. The summed E-state index contributed by atoms with van der Waals surface area (Å²) >= 11 is 0. The molecule has 2 N–H and O–H groups in total. The lowest BCUT2D eigenvalue weighted by Gasteiger charge is -2.30. The summed E-state index contributed by atoms with van der Waals surface area (Å²) in [7, 11) is 0. The Hall–Kier alpha value is -4.07. The van der Waals surface area contributed by atoms with Crippen LogP contribution in [0, 0.1) is 0 Å². The monoisotopic (exact) mass is 444 g/mol. The lowest BCUT2D eigenvalue weighted by molar-refractivity contribution is 0.131. The van der Waals surface area contributed by atoms with Crippen molar-refractivity contribution in [2.45, 2.75) is 25.4 Å². The number of nitrogens with zero attached hydrogens (tertiary/aromatic N) is 3. The number of amides is 1. The summed E-state index contributed by atoms with van der Waals surface area (Å²) in [6.07, 6.45) is 2.16. The first-order chi connectivity index (χ1) is 16.1. The van der Waals surface area contributed by atoms with Crippen molar-refractivity contribution in [3.63, 3.8) is 0 Å². The molecule has 168 valence electrons. The highest BCUT2D eigenvalue weighted by atomic mass is 16.5. The SMILES string of the molecule is O=C(O)N1CCC(c2cc(=O)[nH]c3c(-c4cccc(OCc5ccccc5)c4)cnn23)CC1. The van der Waals surface area contributed by atoms with E-state index in [1.54, 1.807) is 16.8 Å². The van der Waals surface area contributed by atoms with Gasteiger partial charge in [0.2, 0.25) is 0 Å². The van der Waals surface area contributed by atoms with E-state index < -0.39 is 6.09 Å². The van der Waals surface area contributed by atoms with Crippen LogP contribution in [0.15, 0.2) is 71.7 Å². The fraction of sp³-hybridized carbons (Fsp3) is 0.240. The summed E-state index contributed by atoms with van der Waals surface area (Å²) in [5, 5.41) is 13.8. The molecule has 3 heterocycles. The third-order valence-electron chi connectivity index (χ3n) is 6.11. The van der Waals surface area contributed by atoms with Gasteiger partial charge in [0, 0.05) is 30.6 Å². The topological polar surface area (TPSA) is 99.9 Å². The molecule has 4 aromatic rings. The van der Waals surface area contributed by atoms with E-state index in [1.165, 1.54) is 4.90 Å². The molecule has 1 saturated heterocycles. The van der Waals surface area contributed by atoms with E-state index in [9.17, 15) is 14.7 Å². The smallest absolute Gasteiger partial charge is 0.407 e. The lowest BCUT2D eigenvalue weighted by Crippen LogP contribution is -2.37. The average Bonchev–Trinajstić information content (AvgIpc) is 3.27. The molecule has 8 nitrogen and oxygen atoms in total. The maximum absolute atomic E-state index is 12.5. The molecule has 33 heavy (non-hydrogen) atoms. The van der Waals surface area contributed by atoms with Crippen LogP contribution in [-0.4, -0.2) is 43.8 Å². The van der Waals surface area contributed by atoms with Crippen LogP contribution >= 0.6 is 0 Å². The van der Waals surface area contributed by atoms with Crippen molar-refractivity contribution >= 4 is 11.7 Å². The van der Waals surface area contributed by atoms with Crippen molar-refractivity contribution in [2.24, 2.45) is 0 Å². The minimum atomic E-state index is -0.903. The van der Waals surface area contributed by atoms with Crippen molar-refractivity contribution in [2.75, 3.05) is 13.1 Å². The molecule has 0 aliphatic carbocycles. The first kappa shape index (κ1) is 20.8. The Labute approximate surface area is 190 Å². The first-order valence-electron chi connectivity index (χ1n) is 10.9. The van der Waals surface area contributed by atoms with Crippen LogP contribution in [0.2, 0.25) is 0 Å². The number of H-pyrrole nitrogens is 1. The molecule has 0 bridgehead atoms. The van der Waals surface area contributed by atoms with Crippen molar-refractivity contribution < 1.29 is 14.6 Å². The number of hydrogen-bond acceptors (Lipinski definition) is 4.